The maximum Gasteiger partial charge on any atom is 0.309 e. The normalized spacial score (nSPS) is 37.3. The number of ether oxygens (including phenoxy) is 2. The van der Waals surface area contributed by atoms with E-state index in [2.05, 4.69) is 0 Å². The van der Waals surface area contributed by atoms with Crippen molar-refractivity contribution in [3.8, 4) is 0 Å². The first-order valence-electron chi connectivity index (χ1n) is 7.61. The van der Waals surface area contributed by atoms with E-state index in [1.165, 1.54) is 6.92 Å². The molecule has 0 aromatic heterocycles. The molecule has 5 nitrogen and oxygen atoms in total. The van der Waals surface area contributed by atoms with E-state index in [0.717, 1.165) is 11.1 Å². The molecule has 0 amide bonds. The van der Waals surface area contributed by atoms with Crippen molar-refractivity contribution in [2.75, 3.05) is 0 Å². The summed E-state index contributed by atoms with van der Waals surface area (Å²) in [5, 5.41) is 0. The van der Waals surface area contributed by atoms with Gasteiger partial charge >= 0.3 is 11.9 Å². The van der Waals surface area contributed by atoms with Crippen LogP contribution in [0.3, 0.4) is 0 Å². The monoisotopic (exact) mass is 304 g/mol. The van der Waals surface area contributed by atoms with Crippen LogP contribution < -0.4 is 0 Å². The lowest BCUT2D eigenvalue weighted by Crippen LogP contribution is -2.37. The van der Waals surface area contributed by atoms with Gasteiger partial charge in [-0.2, -0.15) is 0 Å². The summed E-state index contributed by atoms with van der Waals surface area (Å²) in [5.74, 6) is -1.44. The molecule has 0 saturated carbocycles. The minimum Gasteiger partial charge on any atom is -0.462 e. The summed E-state index contributed by atoms with van der Waals surface area (Å²) >= 11 is 0. The maximum atomic E-state index is 12.3. The highest BCUT2D eigenvalue weighted by molar-refractivity contribution is 6.09. The fraction of sp³-hybridized carbons (Fsp3) is 0.588. The van der Waals surface area contributed by atoms with E-state index in [1.807, 2.05) is 13.8 Å². The van der Waals surface area contributed by atoms with Crippen LogP contribution in [0.25, 0.3) is 0 Å². The number of esters is 2. The Balaban J connectivity index is 2.08. The Hall–Kier alpha value is -1.91. The highest BCUT2D eigenvalue weighted by Crippen LogP contribution is 2.48. The van der Waals surface area contributed by atoms with Gasteiger partial charge in [-0.3, -0.25) is 14.4 Å². The van der Waals surface area contributed by atoms with Crippen molar-refractivity contribution in [3.63, 3.8) is 0 Å². The Labute approximate surface area is 129 Å². The van der Waals surface area contributed by atoms with Gasteiger partial charge in [0.05, 0.1) is 5.92 Å². The summed E-state index contributed by atoms with van der Waals surface area (Å²) in [4.78, 5) is 35.8. The third-order valence-corrected chi connectivity index (χ3v) is 5.05. The molecule has 5 heteroatoms. The highest BCUT2D eigenvalue weighted by atomic mass is 16.6. The first kappa shape index (κ1) is 15.0. The molecule has 0 aromatic carbocycles. The average molecular weight is 304 g/mol. The van der Waals surface area contributed by atoms with Crippen molar-refractivity contribution < 1.29 is 23.9 Å². The zero-order chi connectivity index (χ0) is 16.2. The summed E-state index contributed by atoms with van der Waals surface area (Å²) in [6.07, 6.45) is 1.24. The van der Waals surface area contributed by atoms with Crippen LogP contribution in [0.5, 0.6) is 0 Å². The predicted molar refractivity (Wildman–Crippen MR) is 77.7 cm³/mol. The van der Waals surface area contributed by atoms with Gasteiger partial charge in [0.1, 0.15) is 12.2 Å². The Morgan fingerprint density at radius 1 is 1.32 bits per heavy atom. The lowest BCUT2D eigenvalue weighted by Gasteiger charge is -2.29. The van der Waals surface area contributed by atoms with Gasteiger partial charge in [-0.05, 0) is 19.9 Å². The molecule has 1 aliphatic heterocycles. The zero-order valence-electron chi connectivity index (χ0n) is 13.2. The van der Waals surface area contributed by atoms with E-state index in [4.69, 9.17) is 9.47 Å². The predicted octanol–water partition coefficient (Wildman–Crippen LogP) is 1.96. The summed E-state index contributed by atoms with van der Waals surface area (Å²) in [6.45, 7) is 6.96. The molecule has 1 fully saturated rings. The zero-order valence-corrected chi connectivity index (χ0v) is 13.2. The summed E-state index contributed by atoms with van der Waals surface area (Å²) in [6, 6.07) is 0. The molecule has 0 aromatic rings. The van der Waals surface area contributed by atoms with Crippen LogP contribution in [0.15, 0.2) is 22.8 Å². The third kappa shape index (κ3) is 2.11. The average Bonchev–Trinajstić information content (AvgIpc) is 2.81. The van der Waals surface area contributed by atoms with Crippen LogP contribution in [-0.4, -0.2) is 29.9 Å². The van der Waals surface area contributed by atoms with Crippen LogP contribution >= 0.6 is 0 Å². The molecule has 0 N–H and O–H groups in total. The van der Waals surface area contributed by atoms with Gasteiger partial charge in [-0.25, -0.2) is 0 Å². The van der Waals surface area contributed by atoms with Gasteiger partial charge < -0.3 is 9.47 Å². The number of hydrogen-bond acceptors (Lipinski definition) is 5. The van der Waals surface area contributed by atoms with Crippen LogP contribution in [0, 0.1) is 17.8 Å². The fourth-order valence-corrected chi connectivity index (χ4v) is 4.12. The quantitative estimate of drug-likeness (QED) is 0.693. The Kier molecular flexibility index (Phi) is 3.46. The van der Waals surface area contributed by atoms with E-state index in [-0.39, 0.29) is 35.5 Å². The van der Waals surface area contributed by atoms with Crippen molar-refractivity contribution >= 4 is 17.7 Å². The maximum absolute atomic E-state index is 12.3. The van der Waals surface area contributed by atoms with Gasteiger partial charge in [-0.1, -0.05) is 18.1 Å². The third-order valence-electron chi connectivity index (χ3n) is 5.05. The van der Waals surface area contributed by atoms with Crippen LogP contribution in [0.1, 0.15) is 34.1 Å². The van der Waals surface area contributed by atoms with Gasteiger partial charge in [-0.15, -0.1) is 0 Å². The molecule has 2 aliphatic carbocycles. The topological polar surface area (TPSA) is 69.7 Å². The smallest absolute Gasteiger partial charge is 0.309 e. The largest absolute Gasteiger partial charge is 0.462 e. The molecule has 0 bridgehead atoms. The number of ketones is 1. The van der Waals surface area contributed by atoms with Crippen molar-refractivity contribution in [2.24, 2.45) is 17.8 Å². The van der Waals surface area contributed by atoms with Crippen molar-refractivity contribution in [3.05, 3.63) is 22.8 Å². The van der Waals surface area contributed by atoms with E-state index >= 15 is 0 Å². The SMILES string of the molecule is CC(=O)O[C@H]1CC(C)=C2C(=O)C=C(C)[C@@H]2[C@H]2OC(=O)[C@@H](C)[C@H]21. The highest BCUT2D eigenvalue weighted by Gasteiger charge is 2.55. The molecule has 22 heavy (non-hydrogen) atoms. The van der Waals surface area contributed by atoms with E-state index in [1.54, 1.807) is 13.0 Å². The lowest BCUT2D eigenvalue weighted by molar-refractivity contribution is -0.150. The first-order chi connectivity index (χ1) is 10.3. The number of fused-ring (bicyclic) bond motifs is 3. The Morgan fingerprint density at radius 2 is 2.00 bits per heavy atom. The molecule has 1 saturated heterocycles. The van der Waals surface area contributed by atoms with Crippen molar-refractivity contribution in [1.29, 1.82) is 0 Å². The second-order valence-electron chi connectivity index (χ2n) is 6.54. The van der Waals surface area contributed by atoms with E-state index in [0.29, 0.717) is 12.0 Å². The molecule has 1 heterocycles. The van der Waals surface area contributed by atoms with Crippen LogP contribution in [0.2, 0.25) is 0 Å². The molecule has 5 atom stereocenters. The van der Waals surface area contributed by atoms with Gasteiger partial charge in [0.2, 0.25) is 0 Å². The minimum atomic E-state index is -0.429. The number of rotatable bonds is 1. The second kappa shape index (κ2) is 5.07. The Bertz CT molecular complexity index is 627. The van der Waals surface area contributed by atoms with Crippen LogP contribution in [-0.2, 0) is 23.9 Å². The Morgan fingerprint density at radius 3 is 2.64 bits per heavy atom. The van der Waals surface area contributed by atoms with E-state index in [9.17, 15) is 14.4 Å². The number of hydrogen-bond donors (Lipinski definition) is 0. The second-order valence-corrected chi connectivity index (χ2v) is 6.54. The van der Waals surface area contributed by atoms with Gasteiger partial charge in [0.25, 0.3) is 0 Å². The molecule has 0 spiro atoms. The number of carbonyl (C=O) groups excluding carboxylic acids is 3. The lowest BCUT2D eigenvalue weighted by atomic mass is 9.79. The van der Waals surface area contributed by atoms with E-state index < -0.39 is 12.2 Å². The molecule has 118 valence electrons. The molecular weight excluding hydrogens is 284 g/mol. The fourth-order valence-electron chi connectivity index (χ4n) is 4.12. The molecule has 0 radical (unpaired) electrons. The van der Waals surface area contributed by atoms with Crippen molar-refractivity contribution in [1.82, 2.24) is 0 Å². The molecule has 0 unspecified atom stereocenters. The van der Waals surface area contributed by atoms with Crippen LogP contribution in [0.4, 0.5) is 0 Å². The molecular formula is C17H20O5. The number of carbonyl (C=O) groups is 3. The molecule has 3 aliphatic rings. The first-order valence-corrected chi connectivity index (χ1v) is 7.61. The van der Waals surface area contributed by atoms with Crippen molar-refractivity contribution in [2.45, 2.75) is 46.3 Å². The molecule has 3 rings (SSSR count). The summed E-state index contributed by atoms with van der Waals surface area (Å²) in [7, 11) is 0. The van der Waals surface area contributed by atoms with Gasteiger partial charge in [0.15, 0.2) is 5.78 Å². The van der Waals surface area contributed by atoms with Gasteiger partial charge in [0, 0.05) is 30.8 Å². The number of allylic oxidation sites excluding steroid dienone is 1. The summed E-state index contributed by atoms with van der Waals surface area (Å²) < 4.78 is 11.1. The minimum absolute atomic E-state index is 0.0159. The standard InChI is InChI=1S/C17H20O5/c1-7-5-11(19)13-8(2)6-12(21-10(4)18)15-9(3)17(20)22-16(15)14(7)13/h5,9,12,14-16H,6H2,1-4H3/t9-,12-,14-,15-,16+/m0/s1. The summed E-state index contributed by atoms with van der Waals surface area (Å²) in [5.41, 5.74) is 2.55.